The highest BCUT2D eigenvalue weighted by Gasteiger charge is 2.51. The molecule has 1 aromatic heterocycles. The lowest BCUT2D eigenvalue weighted by atomic mass is 10.1. The zero-order valence-electron chi connectivity index (χ0n) is 12.5. The fourth-order valence-corrected chi connectivity index (χ4v) is 3.69. The molecule has 0 spiro atoms. The van der Waals surface area contributed by atoms with Gasteiger partial charge in [0.2, 0.25) is 5.91 Å². The quantitative estimate of drug-likeness (QED) is 0.900. The summed E-state index contributed by atoms with van der Waals surface area (Å²) < 4.78 is 7.94. The molecule has 0 radical (unpaired) electrons. The first-order valence-corrected chi connectivity index (χ1v) is 8.21. The Hall–Kier alpha value is -1.36. The number of imidazole rings is 1. The van der Waals surface area contributed by atoms with E-state index >= 15 is 0 Å². The van der Waals surface area contributed by atoms with E-state index in [0.29, 0.717) is 12.5 Å². The number of ether oxygens (including phenoxy) is 1. The van der Waals surface area contributed by atoms with Crippen molar-refractivity contribution < 1.29 is 9.53 Å². The zero-order chi connectivity index (χ0) is 14.4. The third kappa shape index (κ3) is 2.48. The molecule has 0 unspecified atom stereocenters. The molecule has 114 valence electrons. The van der Waals surface area contributed by atoms with Gasteiger partial charge in [-0.15, -0.1) is 0 Å². The van der Waals surface area contributed by atoms with Gasteiger partial charge in [-0.05, 0) is 44.4 Å². The second-order valence-corrected chi connectivity index (χ2v) is 6.61. The highest BCUT2D eigenvalue weighted by Crippen LogP contribution is 2.54. The maximum Gasteiger partial charge on any atom is 0.223 e. The Morgan fingerprint density at radius 3 is 3.10 bits per heavy atom. The van der Waals surface area contributed by atoms with E-state index in [9.17, 15) is 4.79 Å². The van der Waals surface area contributed by atoms with Crippen LogP contribution in [0.15, 0.2) is 12.4 Å². The zero-order valence-corrected chi connectivity index (χ0v) is 12.5. The van der Waals surface area contributed by atoms with Crippen molar-refractivity contribution in [3.05, 3.63) is 18.2 Å². The summed E-state index contributed by atoms with van der Waals surface area (Å²) in [6, 6.07) is 0.0747. The molecule has 5 heteroatoms. The molecule has 3 fully saturated rings. The highest BCUT2D eigenvalue weighted by molar-refractivity contribution is 5.82. The van der Waals surface area contributed by atoms with Crippen LogP contribution in [0.3, 0.4) is 0 Å². The lowest BCUT2D eigenvalue weighted by molar-refractivity contribution is -0.123. The summed E-state index contributed by atoms with van der Waals surface area (Å²) in [4.78, 5) is 16.8. The summed E-state index contributed by atoms with van der Waals surface area (Å²) in [7, 11) is 0. The molecule has 1 saturated heterocycles. The van der Waals surface area contributed by atoms with Crippen LogP contribution in [0.2, 0.25) is 0 Å². The summed E-state index contributed by atoms with van der Waals surface area (Å²) in [6.07, 6.45) is 8.33. The molecule has 4 rings (SSSR count). The van der Waals surface area contributed by atoms with E-state index in [1.165, 1.54) is 12.8 Å². The molecule has 0 bridgehead atoms. The minimum absolute atomic E-state index is 0.0747. The largest absolute Gasteiger partial charge is 0.368 e. The summed E-state index contributed by atoms with van der Waals surface area (Å²) in [5.41, 5.74) is 0. The van der Waals surface area contributed by atoms with Gasteiger partial charge in [-0.2, -0.15) is 0 Å². The number of hydrogen-bond donors (Lipinski definition) is 1. The number of aromatic nitrogens is 2. The lowest BCUT2D eigenvalue weighted by Gasteiger charge is -2.20. The van der Waals surface area contributed by atoms with E-state index in [4.69, 9.17) is 4.74 Å². The first-order valence-electron chi connectivity index (χ1n) is 8.21. The number of amides is 1. The number of carbonyl (C=O) groups is 1. The highest BCUT2D eigenvalue weighted by atomic mass is 16.5. The Bertz CT molecular complexity index is 537. The summed E-state index contributed by atoms with van der Waals surface area (Å²) in [6.45, 7) is 3.67. The number of carbonyl (C=O) groups excluding carboxylic acids is 1. The molecule has 4 atom stereocenters. The second kappa shape index (κ2) is 5.13. The SMILES string of the molecule is CCn1ccnc1[C@H]1OCC[C@@H]1NC(=O)[C@H]1C[C@H]1C1CC1. The van der Waals surface area contributed by atoms with Crippen LogP contribution in [0.1, 0.15) is 44.5 Å². The lowest BCUT2D eigenvalue weighted by Crippen LogP contribution is -2.38. The van der Waals surface area contributed by atoms with Crippen molar-refractivity contribution in [1.29, 1.82) is 0 Å². The molecule has 5 nitrogen and oxygen atoms in total. The molecule has 1 N–H and O–H groups in total. The Labute approximate surface area is 125 Å². The van der Waals surface area contributed by atoms with Gasteiger partial charge in [0.05, 0.1) is 6.04 Å². The molecule has 2 saturated carbocycles. The molecule has 2 aliphatic carbocycles. The topological polar surface area (TPSA) is 56.1 Å². The van der Waals surface area contributed by atoms with Crippen LogP contribution in [0.5, 0.6) is 0 Å². The molecule has 21 heavy (non-hydrogen) atoms. The first kappa shape index (κ1) is 13.3. The van der Waals surface area contributed by atoms with E-state index in [1.54, 1.807) is 0 Å². The third-order valence-electron chi connectivity index (χ3n) is 5.17. The predicted molar refractivity (Wildman–Crippen MR) is 77.5 cm³/mol. The van der Waals surface area contributed by atoms with E-state index in [0.717, 1.165) is 31.1 Å². The minimum Gasteiger partial charge on any atom is -0.368 e. The normalized spacial score (nSPS) is 34.9. The number of hydrogen-bond acceptors (Lipinski definition) is 3. The van der Waals surface area contributed by atoms with E-state index in [2.05, 4.69) is 21.8 Å². The number of aryl methyl sites for hydroxylation is 1. The van der Waals surface area contributed by atoms with E-state index in [1.807, 2.05) is 12.4 Å². The molecular formula is C16H23N3O2. The van der Waals surface area contributed by atoms with Gasteiger partial charge < -0.3 is 14.6 Å². The Morgan fingerprint density at radius 1 is 1.48 bits per heavy atom. The molecule has 3 aliphatic rings. The van der Waals surface area contributed by atoms with Gasteiger partial charge in [0, 0.05) is 31.5 Å². The van der Waals surface area contributed by atoms with Crippen LogP contribution < -0.4 is 5.32 Å². The molecule has 1 amide bonds. The Balaban J connectivity index is 1.41. The molecular weight excluding hydrogens is 266 g/mol. The number of rotatable bonds is 5. The predicted octanol–water partition coefficient (Wildman–Crippen LogP) is 1.90. The van der Waals surface area contributed by atoms with Gasteiger partial charge in [0.1, 0.15) is 11.9 Å². The molecule has 1 aromatic rings. The van der Waals surface area contributed by atoms with E-state index < -0.39 is 0 Å². The second-order valence-electron chi connectivity index (χ2n) is 6.61. The van der Waals surface area contributed by atoms with Crippen molar-refractivity contribution in [2.24, 2.45) is 17.8 Å². The minimum atomic E-state index is -0.0953. The summed E-state index contributed by atoms with van der Waals surface area (Å²) >= 11 is 0. The third-order valence-corrected chi connectivity index (χ3v) is 5.17. The standard InChI is InChI=1S/C16H23N3O2/c1-2-19-7-6-17-15(19)14-13(5-8-21-14)18-16(20)12-9-11(12)10-3-4-10/h6-7,10-14H,2-5,8-9H2,1H3,(H,18,20)/t11-,12-,13-,14-/m0/s1. The molecule has 1 aliphatic heterocycles. The van der Waals surface area contributed by atoms with Crippen molar-refractivity contribution in [2.45, 2.75) is 51.3 Å². The number of nitrogens with one attached hydrogen (secondary N) is 1. The van der Waals surface area contributed by atoms with Crippen LogP contribution >= 0.6 is 0 Å². The summed E-state index contributed by atoms with van der Waals surface area (Å²) in [5.74, 6) is 2.96. The maximum absolute atomic E-state index is 12.4. The van der Waals surface area contributed by atoms with E-state index in [-0.39, 0.29) is 24.0 Å². The summed E-state index contributed by atoms with van der Waals surface area (Å²) in [5, 5.41) is 3.23. The van der Waals surface area contributed by atoms with Gasteiger partial charge in [-0.1, -0.05) is 0 Å². The monoisotopic (exact) mass is 289 g/mol. The Morgan fingerprint density at radius 2 is 2.33 bits per heavy atom. The van der Waals surface area contributed by atoms with Crippen molar-refractivity contribution in [3.63, 3.8) is 0 Å². The molecule has 2 heterocycles. The average Bonchev–Trinajstić information content (AvgIpc) is 3.37. The Kier molecular flexibility index (Phi) is 3.25. The van der Waals surface area contributed by atoms with Crippen molar-refractivity contribution in [3.8, 4) is 0 Å². The van der Waals surface area contributed by atoms with Gasteiger partial charge in [0.15, 0.2) is 0 Å². The van der Waals surface area contributed by atoms with Crippen molar-refractivity contribution in [2.75, 3.05) is 6.61 Å². The van der Waals surface area contributed by atoms with Crippen LogP contribution in [0, 0.1) is 17.8 Å². The fourth-order valence-electron chi connectivity index (χ4n) is 3.69. The first-order chi connectivity index (χ1) is 10.3. The smallest absolute Gasteiger partial charge is 0.223 e. The number of nitrogens with zero attached hydrogens (tertiary/aromatic N) is 2. The van der Waals surface area contributed by atoms with Gasteiger partial charge in [-0.25, -0.2) is 4.98 Å². The van der Waals surface area contributed by atoms with Crippen LogP contribution in [-0.2, 0) is 16.1 Å². The van der Waals surface area contributed by atoms with Crippen molar-refractivity contribution in [1.82, 2.24) is 14.9 Å². The maximum atomic E-state index is 12.4. The van der Waals surface area contributed by atoms with Gasteiger partial charge in [-0.3, -0.25) is 4.79 Å². The van der Waals surface area contributed by atoms with Gasteiger partial charge in [0.25, 0.3) is 0 Å². The van der Waals surface area contributed by atoms with Crippen LogP contribution in [0.4, 0.5) is 0 Å². The fraction of sp³-hybridized carbons (Fsp3) is 0.750. The van der Waals surface area contributed by atoms with Crippen LogP contribution in [0.25, 0.3) is 0 Å². The van der Waals surface area contributed by atoms with Crippen LogP contribution in [-0.4, -0.2) is 28.1 Å². The molecule has 0 aromatic carbocycles. The van der Waals surface area contributed by atoms with Gasteiger partial charge >= 0.3 is 0 Å². The van der Waals surface area contributed by atoms with Crippen molar-refractivity contribution >= 4 is 5.91 Å². The average molecular weight is 289 g/mol.